The van der Waals surface area contributed by atoms with Crippen LogP contribution in [0.25, 0.3) is 0 Å². The molecule has 3 aromatic rings. The third kappa shape index (κ3) is 7.75. The number of benzene rings is 3. The van der Waals surface area contributed by atoms with E-state index in [-0.39, 0.29) is 23.0 Å². The Kier molecular flexibility index (Phi) is 9.81. The maximum absolute atomic E-state index is 14.0. The Morgan fingerprint density at radius 1 is 0.875 bits per heavy atom. The average molecular weight is 568 g/mol. The van der Waals surface area contributed by atoms with Crippen LogP contribution < -0.4 is 19.1 Å². The van der Waals surface area contributed by atoms with Crippen molar-refractivity contribution >= 4 is 27.5 Å². The van der Waals surface area contributed by atoms with E-state index in [9.17, 15) is 18.0 Å². The van der Waals surface area contributed by atoms with E-state index in [0.29, 0.717) is 11.5 Å². The number of carbonyl (C=O) groups excluding carboxylic acids is 2. The largest absolute Gasteiger partial charge is 0.497 e. The van der Waals surface area contributed by atoms with Crippen LogP contribution in [-0.2, 0) is 26.2 Å². The highest BCUT2D eigenvalue weighted by Gasteiger charge is 2.33. The molecule has 0 radical (unpaired) electrons. The van der Waals surface area contributed by atoms with Gasteiger partial charge in [-0.05, 0) is 81.8 Å². The second-order valence-corrected chi connectivity index (χ2v) is 12.2. The van der Waals surface area contributed by atoms with Gasteiger partial charge in [-0.25, -0.2) is 8.42 Å². The average Bonchev–Trinajstić information content (AvgIpc) is 2.93. The van der Waals surface area contributed by atoms with E-state index in [1.54, 1.807) is 74.7 Å². The molecule has 2 amide bonds. The van der Waals surface area contributed by atoms with Crippen molar-refractivity contribution in [2.45, 2.75) is 50.7 Å². The van der Waals surface area contributed by atoms with E-state index in [1.165, 1.54) is 24.1 Å². The van der Waals surface area contributed by atoms with E-state index in [0.717, 1.165) is 9.87 Å². The fraction of sp³-hybridized carbons (Fsp3) is 0.333. The molecule has 214 valence electrons. The van der Waals surface area contributed by atoms with E-state index < -0.39 is 34.1 Å². The monoisotopic (exact) mass is 567 g/mol. The molecule has 0 aromatic heterocycles. The first-order chi connectivity index (χ1) is 18.9. The summed E-state index contributed by atoms with van der Waals surface area (Å²) >= 11 is 0. The van der Waals surface area contributed by atoms with E-state index in [4.69, 9.17) is 9.47 Å². The number of nitrogens with one attached hydrogen (secondary N) is 1. The number of hydrogen-bond donors (Lipinski definition) is 1. The minimum atomic E-state index is -4.14. The predicted octanol–water partition coefficient (Wildman–Crippen LogP) is 4.23. The first-order valence-electron chi connectivity index (χ1n) is 12.8. The van der Waals surface area contributed by atoms with Crippen molar-refractivity contribution in [2.24, 2.45) is 0 Å². The normalized spacial score (nSPS) is 12.2. The fourth-order valence-corrected chi connectivity index (χ4v) is 5.46. The molecule has 0 bridgehead atoms. The molecule has 9 nitrogen and oxygen atoms in total. The van der Waals surface area contributed by atoms with Crippen molar-refractivity contribution in [1.82, 2.24) is 10.2 Å². The molecule has 0 heterocycles. The van der Waals surface area contributed by atoms with E-state index >= 15 is 0 Å². The second-order valence-electron chi connectivity index (χ2n) is 10.3. The lowest BCUT2D eigenvalue weighted by atomic mass is 10.1. The Bertz CT molecular complexity index is 1400. The second kappa shape index (κ2) is 12.9. The van der Waals surface area contributed by atoms with Crippen molar-refractivity contribution < 1.29 is 27.5 Å². The molecule has 10 heteroatoms. The maximum Gasteiger partial charge on any atom is 0.264 e. The van der Waals surface area contributed by atoms with Crippen LogP contribution in [0.1, 0.15) is 33.3 Å². The number of carbonyl (C=O) groups is 2. The third-order valence-electron chi connectivity index (χ3n) is 6.12. The van der Waals surface area contributed by atoms with Gasteiger partial charge in [0, 0.05) is 12.1 Å². The Balaban J connectivity index is 2.04. The van der Waals surface area contributed by atoms with Crippen LogP contribution in [0.4, 0.5) is 5.69 Å². The Morgan fingerprint density at radius 2 is 1.50 bits per heavy atom. The van der Waals surface area contributed by atoms with Crippen molar-refractivity contribution in [3.63, 3.8) is 0 Å². The summed E-state index contributed by atoms with van der Waals surface area (Å²) in [6, 6.07) is 20.6. The molecule has 1 N–H and O–H groups in total. The van der Waals surface area contributed by atoms with Gasteiger partial charge in [0.1, 0.15) is 24.1 Å². The van der Waals surface area contributed by atoms with E-state index in [2.05, 4.69) is 5.32 Å². The molecule has 0 aliphatic heterocycles. The fourth-order valence-electron chi connectivity index (χ4n) is 4.02. The zero-order chi connectivity index (χ0) is 29.5. The number of methoxy groups -OCH3 is 2. The van der Waals surface area contributed by atoms with Gasteiger partial charge < -0.3 is 19.7 Å². The summed E-state index contributed by atoms with van der Waals surface area (Å²) in [5.74, 6) is 0.239. The molecule has 3 rings (SSSR count). The molecule has 0 aliphatic carbocycles. The first kappa shape index (κ1) is 30.5. The highest BCUT2D eigenvalue weighted by atomic mass is 32.2. The summed E-state index contributed by atoms with van der Waals surface area (Å²) in [4.78, 5) is 28.6. The van der Waals surface area contributed by atoms with Gasteiger partial charge in [0.2, 0.25) is 11.8 Å². The maximum atomic E-state index is 14.0. The molecule has 40 heavy (non-hydrogen) atoms. The SMILES string of the molecule is COc1ccc(N(CC(=O)N(Cc2cccc(OC)c2)[C@H](C)C(=O)NC(C)(C)C)S(=O)(=O)c2ccccc2)cc1. The summed E-state index contributed by atoms with van der Waals surface area (Å²) in [5, 5.41) is 2.91. The number of hydrogen-bond acceptors (Lipinski definition) is 6. The lowest BCUT2D eigenvalue weighted by molar-refractivity contribution is -0.140. The van der Waals surface area contributed by atoms with Gasteiger partial charge in [-0.15, -0.1) is 0 Å². The minimum Gasteiger partial charge on any atom is -0.497 e. The standard InChI is InChI=1S/C30H37N3O6S/c1-22(29(35)31-30(2,3)4)32(20-23-11-10-12-26(19-23)39-6)28(34)21-33(24-15-17-25(38-5)18-16-24)40(36,37)27-13-8-7-9-14-27/h7-19,22H,20-21H2,1-6H3,(H,31,35)/t22-/m1/s1. The topological polar surface area (TPSA) is 105 Å². The molecular formula is C30H37N3O6S. The van der Waals surface area contributed by atoms with Crippen LogP contribution in [0.15, 0.2) is 83.8 Å². The summed E-state index contributed by atoms with van der Waals surface area (Å²) in [6.45, 7) is 6.72. The summed E-state index contributed by atoms with van der Waals surface area (Å²) in [6.07, 6.45) is 0. The summed E-state index contributed by atoms with van der Waals surface area (Å²) in [5.41, 5.74) is 0.484. The summed E-state index contributed by atoms with van der Waals surface area (Å²) < 4.78 is 39.2. The highest BCUT2D eigenvalue weighted by molar-refractivity contribution is 7.92. The van der Waals surface area contributed by atoms with Gasteiger partial charge in [0.05, 0.1) is 24.8 Å². The van der Waals surface area contributed by atoms with Gasteiger partial charge in [-0.1, -0.05) is 30.3 Å². The van der Waals surface area contributed by atoms with Crippen LogP contribution in [-0.4, -0.2) is 57.5 Å². The van der Waals surface area contributed by atoms with Crippen molar-refractivity contribution in [1.29, 1.82) is 0 Å². The number of amides is 2. The molecule has 0 spiro atoms. The molecular weight excluding hydrogens is 530 g/mol. The van der Waals surface area contributed by atoms with Crippen LogP contribution in [0.5, 0.6) is 11.5 Å². The van der Waals surface area contributed by atoms with Gasteiger partial charge in [-0.3, -0.25) is 13.9 Å². The van der Waals surface area contributed by atoms with Crippen LogP contribution in [0.2, 0.25) is 0 Å². The number of anilines is 1. The first-order valence-corrected chi connectivity index (χ1v) is 14.3. The third-order valence-corrected chi connectivity index (χ3v) is 7.91. The Labute approximate surface area is 236 Å². The molecule has 3 aromatic carbocycles. The smallest absolute Gasteiger partial charge is 0.264 e. The molecule has 0 unspecified atom stereocenters. The van der Waals surface area contributed by atoms with Gasteiger partial charge >= 0.3 is 0 Å². The van der Waals surface area contributed by atoms with Gasteiger partial charge in [0.15, 0.2) is 0 Å². The number of nitrogens with zero attached hydrogens (tertiary/aromatic N) is 2. The Morgan fingerprint density at radius 3 is 2.08 bits per heavy atom. The minimum absolute atomic E-state index is 0.0384. The highest BCUT2D eigenvalue weighted by Crippen LogP contribution is 2.26. The van der Waals surface area contributed by atoms with Crippen molar-refractivity contribution in [3.05, 3.63) is 84.4 Å². The quantitative estimate of drug-likeness (QED) is 0.372. The molecule has 0 aliphatic rings. The predicted molar refractivity (Wildman–Crippen MR) is 155 cm³/mol. The van der Waals surface area contributed by atoms with Crippen LogP contribution in [0.3, 0.4) is 0 Å². The van der Waals surface area contributed by atoms with Crippen LogP contribution >= 0.6 is 0 Å². The Hall–Kier alpha value is -4.05. The van der Waals surface area contributed by atoms with Gasteiger partial charge in [-0.2, -0.15) is 0 Å². The molecule has 1 atom stereocenters. The zero-order valence-electron chi connectivity index (χ0n) is 23.7. The molecule has 0 saturated heterocycles. The molecule has 0 saturated carbocycles. The zero-order valence-corrected chi connectivity index (χ0v) is 24.6. The number of sulfonamides is 1. The summed E-state index contributed by atoms with van der Waals surface area (Å²) in [7, 11) is -1.08. The number of ether oxygens (including phenoxy) is 2. The van der Waals surface area contributed by atoms with Crippen molar-refractivity contribution in [2.75, 3.05) is 25.1 Å². The van der Waals surface area contributed by atoms with Crippen LogP contribution in [0, 0.1) is 0 Å². The molecule has 0 fully saturated rings. The number of rotatable bonds is 11. The van der Waals surface area contributed by atoms with Crippen molar-refractivity contribution in [3.8, 4) is 11.5 Å². The lowest BCUT2D eigenvalue weighted by Gasteiger charge is -2.33. The van der Waals surface area contributed by atoms with E-state index in [1.807, 2.05) is 26.8 Å². The van der Waals surface area contributed by atoms with Gasteiger partial charge in [0.25, 0.3) is 10.0 Å². The lowest BCUT2D eigenvalue weighted by Crippen LogP contribution is -2.54.